The van der Waals surface area contributed by atoms with E-state index in [9.17, 15) is 4.79 Å². The summed E-state index contributed by atoms with van der Waals surface area (Å²) in [6.07, 6.45) is 2.07. The third-order valence-corrected chi connectivity index (χ3v) is 4.99. The van der Waals surface area contributed by atoms with E-state index >= 15 is 0 Å². The van der Waals surface area contributed by atoms with Crippen LogP contribution in [-0.4, -0.2) is 24.3 Å². The van der Waals surface area contributed by atoms with Gasteiger partial charge >= 0.3 is 0 Å². The summed E-state index contributed by atoms with van der Waals surface area (Å²) in [5, 5.41) is 0. The zero-order valence-electron chi connectivity index (χ0n) is 17.7. The molecule has 3 aromatic rings. The standard InChI is InChI=1S/C26H25NO4/c1-26(2,15-20-12-13-24-25(14-20)31-18-30-24)27-16-22(28)21-10-6-7-11-23(21)29-17-19-8-4-3-5-9-19/h3-14,16H,15,17-18H2,1-2H3. The molecule has 1 heterocycles. The Bertz CT molecular complexity index is 1090. The molecule has 0 N–H and O–H groups in total. The molecule has 4 rings (SSSR count). The zero-order chi connectivity index (χ0) is 21.7. The van der Waals surface area contributed by atoms with Crippen molar-refractivity contribution in [2.45, 2.75) is 32.4 Å². The number of rotatable bonds is 8. The monoisotopic (exact) mass is 415 g/mol. The van der Waals surface area contributed by atoms with Crippen molar-refractivity contribution >= 4 is 12.0 Å². The molecule has 0 atom stereocenters. The van der Waals surface area contributed by atoms with E-state index in [1.807, 2.05) is 80.6 Å². The summed E-state index contributed by atoms with van der Waals surface area (Å²) in [5.41, 5.74) is 2.17. The van der Waals surface area contributed by atoms with Gasteiger partial charge in [0.2, 0.25) is 12.6 Å². The third-order valence-electron chi connectivity index (χ3n) is 4.99. The maximum absolute atomic E-state index is 12.9. The van der Waals surface area contributed by atoms with Crippen LogP contribution in [0.5, 0.6) is 17.2 Å². The number of benzene rings is 3. The second kappa shape index (κ2) is 9.04. The normalized spacial score (nSPS) is 12.8. The van der Waals surface area contributed by atoms with Crippen molar-refractivity contribution in [3.8, 4) is 17.2 Å². The fourth-order valence-electron chi connectivity index (χ4n) is 3.43. The topological polar surface area (TPSA) is 57.1 Å². The van der Waals surface area contributed by atoms with Crippen LogP contribution >= 0.6 is 0 Å². The lowest BCUT2D eigenvalue weighted by Gasteiger charge is -2.19. The summed E-state index contributed by atoms with van der Waals surface area (Å²) in [6, 6.07) is 23.0. The van der Waals surface area contributed by atoms with Crippen LogP contribution in [0.25, 0.3) is 0 Å². The smallest absolute Gasteiger partial charge is 0.231 e. The van der Waals surface area contributed by atoms with E-state index in [-0.39, 0.29) is 12.6 Å². The van der Waals surface area contributed by atoms with Crippen LogP contribution in [0.2, 0.25) is 0 Å². The van der Waals surface area contributed by atoms with Gasteiger partial charge in [0.25, 0.3) is 0 Å². The summed E-state index contributed by atoms with van der Waals surface area (Å²) in [4.78, 5) is 17.4. The predicted octanol–water partition coefficient (Wildman–Crippen LogP) is 5.27. The molecular formula is C26H25NO4. The number of nitrogens with zero attached hydrogens (tertiary/aromatic N) is 1. The Balaban J connectivity index is 1.43. The van der Waals surface area contributed by atoms with Crippen molar-refractivity contribution in [1.29, 1.82) is 0 Å². The molecule has 3 aromatic carbocycles. The summed E-state index contributed by atoms with van der Waals surface area (Å²) in [7, 11) is 0. The van der Waals surface area contributed by atoms with Crippen molar-refractivity contribution in [1.82, 2.24) is 0 Å². The maximum Gasteiger partial charge on any atom is 0.231 e. The molecule has 0 amide bonds. The lowest BCUT2D eigenvalue weighted by molar-refractivity contribution is 0.106. The van der Waals surface area contributed by atoms with Gasteiger partial charge in [0.1, 0.15) is 12.4 Å². The van der Waals surface area contributed by atoms with Crippen LogP contribution in [0, 0.1) is 0 Å². The number of ether oxygens (including phenoxy) is 3. The number of Topliss-reactive ketones (excluding diaryl/α,β-unsaturated/α-hetero) is 1. The van der Waals surface area contributed by atoms with E-state index in [4.69, 9.17) is 14.2 Å². The van der Waals surface area contributed by atoms with Gasteiger partial charge in [-0.2, -0.15) is 0 Å². The Morgan fingerprint density at radius 2 is 1.71 bits per heavy atom. The van der Waals surface area contributed by atoms with E-state index in [1.54, 1.807) is 6.07 Å². The summed E-state index contributed by atoms with van der Waals surface area (Å²) < 4.78 is 16.7. The Kier molecular flexibility index (Phi) is 6.03. The summed E-state index contributed by atoms with van der Waals surface area (Å²) in [5.74, 6) is 1.88. The molecule has 0 saturated carbocycles. The highest BCUT2D eigenvalue weighted by atomic mass is 16.7. The van der Waals surface area contributed by atoms with Crippen LogP contribution in [0.15, 0.2) is 77.8 Å². The average Bonchev–Trinajstić information content (AvgIpc) is 3.25. The highest BCUT2D eigenvalue weighted by Gasteiger charge is 2.20. The Morgan fingerprint density at radius 3 is 2.55 bits per heavy atom. The first-order valence-corrected chi connectivity index (χ1v) is 10.2. The second-order valence-corrected chi connectivity index (χ2v) is 8.07. The lowest BCUT2D eigenvalue weighted by atomic mass is 9.95. The number of aliphatic imine (C=N–C) groups is 1. The summed E-state index contributed by atoms with van der Waals surface area (Å²) >= 11 is 0. The SMILES string of the molecule is CC(C)(Cc1ccc2c(c1)OCO2)N=CC(=O)c1ccccc1OCc1ccccc1. The van der Waals surface area contributed by atoms with Crippen LogP contribution < -0.4 is 14.2 Å². The van der Waals surface area contributed by atoms with Gasteiger partial charge in [-0.15, -0.1) is 0 Å². The number of hydrogen-bond donors (Lipinski definition) is 0. The minimum atomic E-state index is -0.455. The van der Waals surface area contributed by atoms with Crippen LogP contribution in [-0.2, 0) is 13.0 Å². The van der Waals surface area contributed by atoms with Crippen molar-refractivity contribution in [2.24, 2.45) is 4.99 Å². The number of ketones is 1. The highest BCUT2D eigenvalue weighted by Crippen LogP contribution is 2.33. The largest absolute Gasteiger partial charge is 0.488 e. The molecule has 5 heteroatoms. The van der Waals surface area contributed by atoms with E-state index in [1.165, 1.54) is 6.21 Å². The van der Waals surface area contributed by atoms with Gasteiger partial charge in [-0.05, 0) is 55.7 Å². The average molecular weight is 415 g/mol. The fraction of sp³-hybridized carbons (Fsp3) is 0.231. The van der Waals surface area contributed by atoms with E-state index in [0.29, 0.717) is 24.3 Å². The molecule has 0 bridgehead atoms. The number of fused-ring (bicyclic) bond motifs is 1. The first-order chi connectivity index (χ1) is 15.0. The highest BCUT2D eigenvalue weighted by molar-refractivity contribution is 6.36. The predicted molar refractivity (Wildman–Crippen MR) is 120 cm³/mol. The van der Waals surface area contributed by atoms with E-state index < -0.39 is 5.54 Å². The van der Waals surface area contributed by atoms with E-state index in [2.05, 4.69) is 4.99 Å². The second-order valence-electron chi connectivity index (χ2n) is 8.07. The van der Waals surface area contributed by atoms with Gasteiger partial charge < -0.3 is 14.2 Å². The molecule has 1 aliphatic heterocycles. The van der Waals surface area contributed by atoms with Gasteiger partial charge in [-0.1, -0.05) is 48.5 Å². The number of carbonyl (C=O) groups is 1. The van der Waals surface area contributed by atoms with Gasteiger partial charge in [-0.3, -0.25) is 9.79 Å². The van der Waals surface area contributed by atoms with Gasteiger partial charge in [0.15, 0.2) is 11.5 Å². The molecule has 0 unspecified atom stereocenters. The Hall–Kier alpha value is -3.60. The maximum atomic E-state index is 12.9. The quantitative estimate of drug-likeness (QED) is 0.372. The number of carbonyl (C=O) groups excluding carboxylic acids is 1. The minimum Gasteiger partial charge on any atom is -0.488 e. The van der Waals surface area contributed by atoms with Crippen molar-refractivity contribution in [3.63, 3.8) is 0 Å². The molecule has 0 aromatic heterocycles. The third kappa shape index (κ3) is 5.31. The van der Waals surface area contributed by atoms with Crippen molar-refractivity contribution in [3.05, 3.63) is 89.5 Å². The number of para-hydroxylation sites is 1. The fourth-order valence-corrected chi connectivity index (χ4v) is 3.43. The Labute approximate surface area is 182 Å². The van der Waals surface area contributed by atoms with Gasteiger partial charge in [0.05, 0.1) is 17.3 Å². The van der Waals surface area contributed by atoms with Gasteiger partial charge in [-0.25, -0.2) is 0 Å². The first-order valence-electron chi connectivity index (χ1n) is 10.2. The summed E-state index contributed by atoms with van der Waals surface area (Å²) in [6.45, 7) is 4.65. The Morgan fingerprint density at radius 1 is 0.968 bits per heavy atom. The number of hydrogen-bond acceptors (Lipinski definition) is 5. The molecular weight excluding hydrogens is 390 g/mol. The lowest BCUT2D eigenvalue weighted by Crippen LogP contribution is -2.21. The molecule has 0 aliphatic carbocycles. The molecule has 0 spiro atoms. The van der Waals surface area contributed by atoms with Crippen LogP contribution in [0.4, 0.5) is 0 Å². The van der Waals surface area contributed by atoms with E-state index in [0.717, 1.165) is 22.6 Å². The molecule has 0 fully saturated rings. The van der Waals surface area contributed by atoms with Crippen molar-refractivity contribution in [2.75, 3.05) is 6.79 Å². The zero-order valence-corrected chi connectivity index (χ0v) is 17.7. The molecule has 0 saturated heterocycles. The molecule has 158 valence electrons. The molecule has 1 aliphatic rings. The molecule has 0 radical (unpaired) electrons. The minimum absolute atomic E-state index is 0.178. The van der Waals surface area contributed by atoms with Crippen molar-refractivity contribution < 1.29 is 19.0 Å². The molecule has 31 heavy (non-hydrogen) atoms. The van der Waals surface area contributed by atoms with Gasteiger partial charge in [0, 0.05) is 0 Å². The van der Waals surface area contributed by atoms with Crippen LogP contribution in [0.1, 0.15) is 35.3 Å². The first kappa shape index (κ1) is 20.7. The molecule has 5 nitrogen and oxygen atoms in total. The van der Waals surface area contributed by atoms with Crippen LogP contribution in [0.3, 0.4) is 0 Å².